The van der Waals surface area contributed by atoms with Crippen LogP contribution in [0.4, 0.5) is 5.69 Å². The fourth-order valence-corrected chi connectivity index (χ4v) is 2.64. The largest absolute Gasteiger partial charge is 0.330 e. The Balaban J connectivity index is 2.55. The van der Waals surface area contributed by atoms with E-state index in [2.05, 4.69) is 26.0 Å². The summed E-state index contributed by atoms with van der Waals surface area (Å²) in [4.78, 5) is 13.8. The summed E-state index contributed by atoms with van der Waals surface area (Å²) >= 11 is 0. The summed E-state index contributed by atoms with van der Waals surface area (Å²) in [6.07, 6.45) is 1.47. The van der Waals surface area contributed by atoms with Crippen molar-refractivity contribution in [3.8, 4) is 0 Å². The van der Waals surface area contributed by atoms with E-state index in [1.807, 2.05) is 7.05 Å². The Morgan fingerprint density at radius 3 is 2.76 bits per heavy atom. The maximum absolute atomic E-state index is 12.0. The average molecular weight is 232 g/mol. The maximum atomic E-state index is 12.0. The first-order valence-electron chi connectivity index (χ1n) is 6.13. The van der Waals surface area contributed by atoms with Gasteiger partial charge in [0, 0.05) is 19.2 Å². The van der Waals surface area contributed by atoms with Gasteiger partial charge < -0.3 is 10.6 Å². The molecule has 17 heavy (non-hydrogen) atoms. The molecule has 1 amide bonds. The van der Waals surface area contributed by atoms with Crippen LogP contribution in [0.15, 0.2) is 12.1 Å². The summed E-state index contributed by atoms with van der Waals surface area (Å²) < 4.78 is 0. The molecule has 0 spiro atoms. The molecule has 1 aliphatic heterocycles. The monoisotopic (exact) mass is 232 g/mol. The van der Waals surface area contributed by atoms with Gasteiger partial charge in [0.15, 0.2) is 0 Å². The third kappa shape index (κ3) is 1.95. The van der Waals surface area contributed by atoms with Crippen LogP contribution in [0.25, 0.3) is 0 Å². The summed E-state index contributed by atoms with van der Waals surface area (Å²) in [6.45, 7) is 4.80. The highest BCUT2D eigenvalue weighted by Gasteiger charge is 2.29. The van der Waals surface area contributed by atoms with E-state index in [9.17, 15) is 4.79 Å². The number of hydrogen-bond donors (Lipinski definition) is 1. The van der Waals surface area contributed by atoms with Crippen LogP contribution in [0.3, 0.4) is 0 Å². The molecule has 2 rings (SSSR count). The number of benzene rings is 1. The molecule has 0 fully saturated rings. The Labute approximate surface area is 103 Å². The summed E-state index contributed by atoms with van der Waals surface area (Å²) in [5, 5.41) is 0. The number of anilines is 1. The normalized spacial score (nSPS) is 19.4. The first-order valence-corrected chi connectivity index (χ1v) is 6.13. The van der Waals surface area contributed by atoms with Gasteiger partial charge in [0.25, 0.3) is 0 Å². The van der Waals surface area contributed by atoms with Crippen molar-refractivity contribution >= 4 is 11.6 Å². The maximum Gasteiger partial charge on any atom is 0.227 e. The molecule has 0 saturated heterocycles. The van der Waals surface area contributed by atoms with Gasteiger partial charge in [-0.1, -0.05) is 12.1 Å². The fourth-order valence-electron chi connectivity index (χ4n) is 2.64. The van der Waals surface area contributed by atoms with Gasteiger partial charge >= 0.3 is 0 Å². The highest BCUT2D eigenvalue weighted by Crippen LogP contribution is 2.39. The van der Waals surface area contributed by atoms with Crippen molar-refractivity contribution in [1.29, 1.82) is 0 Å². The van der Waals surface area contributed by atoms with Crippen LogP contribution in [0.2, 0.25) is 0 Å². The predicted molar refractivity (Wildman–Crippen MR) is 70.4 cm³/mol. The van der Waals surface area contributed by atoms with Gasteiger partial charge in [0.2, 0.25) is 5.91 Å². The Morgan fingerprint density at radius 1 is 1.41 bits per heavy atom. The van der Waals surface area contributed by atoms with E-state index in [1.54, 1.807) is 4.90 Å². The zero-order valence-electron chi connectivity index (χ0n) is 10.8. The molecule has 3 heteroatoms. The second kappa shape index (κ2) is 4.49. The molecule has 0 bridgehead atoms. The summed E-state index contributed by atoms with van der Waals surface area (Å²) in [7, 11) is 1.87. The van der Waals surface area contributed by atoms with Crippen molar-refractivity contribution in [3.63, 3.8) is 0 Å². The molecule has 0 radical (unpaired) electrons. The lowest BCUT2D eigenvalue weighted by Crippen LogP contribution is -2.34. The van der Waals surface area contributed by atoms with Crippen LogP contribution >= 0.6 is 0 Å². The smallest absolute Gasteiger partial charge is 0.227 e. The number of fused-ring (bicyclic) bond motifs is 1. The Hall–Kier alpha value is -1.35. The molecule has 1 aliphatic rings. The lowest BCUT2D eigenvalue weighted by Gasteiger charge is -2.33. The van der Waals surface area contributed by atoms with Crippen molar-refractivity contribution in [2.24, 2.45) is 5.73 Å². The van der Waals surface area contributed by atoms with Crippen LogP contribution in [0, 0.1) is 13.8 Å². The number of nitrogens with two attached hydrogens (primary N) is 1. The van der Waals surface area contributed by atoms with Crippen LogP contribution < -0.4 is 10.6 Å². The molecule has 1 heterocycles. The number of nitrogens with zero attached hydrogens (tertiary/aromatic N) is 1. The number of hydrogen-bond acceptors (Lipinski definition) is 2. The molecular formula is C14H20N2O. The van der Waals surface area contributed by atoms with Gasteiger partial charge in [0.1, 0.15) is 0 Å². The van der Waals surface area contributed by atoms with Crippen molar-refractivity contribution in [2.75, 3.05) is 18.5 Å². The first kappa shape index (κ1) is 12.1. The molecule has 0 aliphatic carbocycles. The Morgan fingerprint density at radius 2 is 2.12 bits per heavy atom. The van der Waals surface area contributed by atoms with Crippen LogP contribution in [0.1, 0.15) is 35.4 Å². The third-order valence-corrected chi connectivity index (χ3v) is 3.82. The molecule has 2 N–H and O–H groups in total. The number of amides is 1. The predicted octanol–water partition coefficient (Wildman–Crippen LogP) is 2.10. The summed E-state index contributed by atoms with van der Waals surface area (Å²) in [5.74, 6) is 0.489. The molecule has 92 valence electrons. The second-order valence-corrected chi connectivity index (χ2v) is 4.88. The molecule has 1 unspecified atom stereocenters. The van der Waals surface area contributed by atoms with Gasteiger partial charge in [-0.25, -0.2) is 0 Å². The van der Waals surface area contributed by atoms with Crippen LogP contribution in [-0.2, 0) is 4.79 Å². The number of carbonyl (C=O) groups excluding carboxylic acids is 1. The van der Waals surface area contributed by atoms with E-state index in [1.165, 1.54) is 16.7 Å². The summed E-state index contributed by atoms with van der Waals surface area (Å²) in [6, 6.07) is 4.29. The lowest BCUT2D eigenvalue weighted by atomic mass is 9.84. The minimum Gasteiger partial charge on any atom is -0.330 e. The molecule has 0 saturated carbocycles. The Kier molecular flexibility index (Phi) is 3.20. The van der Waals surface area contributed by atoms with E-state index >= 15 is 0 Å². The van der Waals surface area contributed by atoms with E-state index in [0.717, 1.165) is 12.1 Å². The van der Waals surface area contributed by atoms with Crippen molar-refractivity contribution in [1.82, 2.24) is 0 Å². The molecular weight excluding hydrogens is 212 g/mol. The lowest BCUT2D eigenvalue weighted by molar-refractivity contribution is -0.119. The van der Waals surface area contributed by atoms with Crippen LogP contribution in [-0.4, -0.2) is 19.5 Å². The third-order valence-electron chi connectivity index (χ3n) is 3.82. The molecule has 1 atom stereocenters. The summed E-state index contributed by atoms with van der Waals surface area (Å²) in [5.41, 5.74) is 10.5. The number of rotatable bonds is 2. The quantitative estimate of drug-likeness (QED) is 0.848. The van der Waals surface area contributed by atoms with E-state index in [4.69, 9.17) is 5.73 Å². The topological polar surface area (TPSA) is 46.3 Å². The molecule has 1 aromatic carbocycles. The van der Waals surface area contributed by atoms with E-state index < -0.39 is 0 Å². The SMILES string of the molecule is Cc1ccc2c(c1C)N(C)C(=O)CC2CCN. The van der Waals surface area contributed by atoms with Gasteiger partial charge in [-0.15, -0.1) is 0 Å². The minimum absolute atomic E-state index is 0.199. The van der Waals surface area contributed by atoms with Crippen molar-refractivity contribution < 1.29 is 4.79 Å². The minimum atomic E-state index is 0.199. The first-order chi connectivity index (χ1) is 8.06. The highest BCUT2D eigenvalue weighted by atomic mass is 16.2. The molecule has 3 nitrogen and oxygen atoms in total. The van der Waals surface area contributed by atoms with Gasteiger partial charge in [0.05, 0.1) is 0 Å². The zero-order valence-corrected chi connectivity index (χ0v) is 10.8. The Bertz CT molecular complexity index is 454. The fraction of sp³-hybridized carbons (Fsp3) is 0.500. The van der Waals surface area contributed by atoms with E-state index in [0.29, 0.717) is 13.0 Å². The second-order valence-electron chi connectivity index (χ2n) is 4.88. The van der Waals surface area contributed by atoms with Crippen molar-refractivity contribution in [3.05, 3.63) is 28.8 Å². The van der Waals surface area contributed by atoms with Crippen molar-refractivity contribution in [2.45, 2.75) is 32.6 Å². The van der Waals surface area contributed by atoms with Gasteiger partial charge in [-0.3, -0.25) is 4.79 Å². The standard InChI is InChI=1S/C14H20N2O/c1-9-4-5-12-11(6-7-15)8-13(17)16(3)14(12)10(9)2/h4-5,11H,6-8,15H2,1-3H3. The van der Waals surface area contributed by atoms with Gasteiger partial charge in [-0.05, 0) is 49.4 Å². The number of carbonyl (C=O) groups is 1. The molecule has 1 aromatic rings. The molecule has 0 aromatic heterocycles. The van der Waals surface area contributed by atoms with E-state index in [-0.39, 0.29) is 11.8 Å². The zero-order chi connectivity index (χ0) is 12.6. The number of aryl methyl sites for hydroxylation is 1. The highest BCUT2D eigenvalue weighted by molar-refractivity contribution is 5.97. The average Bonchev–Trinajstić information content (AvgIpc) is 2.29. The van der Waals surface area contributed by atoms with Gasteiger partial charge in [-0.2, -0.15) is 0 Å². The van der Waals surface area contributed by atoms with Crippen LogP contribution in [0.5, 0.6) is 0 Å².